The first-order chi connectivity index (χ1) is 11.2. The molecule has 124 valence electrons. The molecule has 0 aromatic carbocycles. The third kappa shape index (κ3) is 2.54. The fourth-order valence-electron chi connectivity index (χ4n) is 4.14. The summed E-state index contributed by atoms with van der Waals surface area (Å²) in [7, 11) is 2.16. The van der Waals surface area contributed by atoms with E-state index >= 15 is 0 Å². The van der Waals surface area contributed by atoms with Crippen molar-refractivity contribution in [2.24, 2.45) is 0 Å². The maximum atomic E-state index is 13.3. The SMILES string of the molecule is CCc1nc2sc3c(c2c(=O)n1C1CCN(C)CC1)CCCC3. The van der Waals surface area contributed by atoms with Gasteiger partial charge in [0.1, 0.15) is 10.7 Å². The van der Waals surface area contributed by atoms with Crippen molar-refractivity contribution in [1.82, 2.24) is 14.5 Å². The van der Waals surface area contributed by atoms with E-state index in [2.05, 4.69) is 23.4 Å². The van der Waals surface area contributed by atoms with Crippen molar-refractivity contribution in [3.63, 3.8) is 0 Å². The van der Waals surface area contributed by atoms with Crippen LogP contribution in [-0.2, 0) is 19.3 Å². The Hall–Kier alpha value is -1.20. The Kier molecular flexibility index (Phi) is 4.01. The number of rotatable bonds is 2. The minimum Gasteiger partial charge on any atom is -0.306 e. The van der Waals surface area contributed by atoms with Crippen molar-refractivity contribution in [1.29, 1.82) is 0 Å². The van der Waals surface area contributed by atoms with Gasteiger partial charge in [-0.1, -0.05) is 6.92 Å². The second kappa shape index (κ2) is 6.02. The molecule has 2 aromatic rings. The molecule has 0 bridgehead atoms. The summed E-state index contributed by atoms with van der Waals surface area (Å²) in [4.78, 5) is 23.0. The van der Waals surface area contributed by atoms with Gasteiger partial charge in [0, 0.05) is 17.3 Å². The molecule has 0 amide bonds. The lowest BCUT2D eigenvalue weighted by molar-refractivity contribution is 0.216. The first-order valence-corrected chi connectivity index (χ1v) is 9.75. The molecule has 4 nitrogen and oxygen atoms in total. The molecule has 0 spiro atoms. The number of aryl methyl sites for hydroxylation is 3. The predicted molar refractivity (Wildman–Crippen MR) is 95.7 cm³/mol. The number of hydrogen-bond acceptors (Lipinski definition) is 4. The van der Waals surface area contributed by atoms with Crippen LogP contribution in [0.3, 0.4) is 0 Å². The fraction of sp³-hybridized carbons (Fsp3) is 0.667. The van der Waals surface area contributed by atoms with Gasteiger partial charge < -0.3 is 4.90 Å². The van der Waals surface area contributed by atoms with E-state index in [1.54, 1.807) is 11.3 Å². The predicted octanol–water partition coefficient (Wildman–Crippen LogP) is 3.17. The van der Waals surface area contributed by atoms with Crippen LogP contribution in [0, 0.1) is 0 Å². The zero-order chi connectivity index (χ0) is 16.0. The summed E-state index contributed by atoms with van der Waals surface area (Å²) >= 11 is 1.77. The molecule has 1 aliphatic carbocycles. The second-order valence-corrected chi connectivity index (χ2v) is 8.07. The Morgan fingerprint density at radius 1 is 1.22 bits per heavy atom. The first-order valence-electron chi connectivity index (χ1n) is 8.93. The van der Waals surface area contributed by atoms with Gasteiger partial charge in [-0.25, -0.2) is 4.98 Å². The van der Waals surface area contributed by atoms with Gasteiger partial charge >= 0.3 is 0 Å². The smallest absolute Gasteiger partial charge is 0.262 e. The molecule has 0 radical (unpaired) electrons. The lowest BCUT2D eigenvalue weighted by atomic mass is 9.97. The van der Waals surface area contributed by atoms with E-state index in [0.717, 1.165) is 61.2 Å². The van der Waals surface area contributed by atoms with E-state index in [0.29, 0.717) is 6.04 Å². The number of hydrogen-bond donors (Lipinski definition) is 0. The van der Waals surface area contributed by atoms with Crippen LogP contribution < -0.4 is 5.56 Å². The van der Waals surface area contributed by atoms with Crippen molar-refractivity contribution in [2.75, 3.05) is 20.1 Å². The van der Waals surface area contributed by atoms with Gasteiger partial charge in [0.05, 0.1) is 5.39 Å². The van der Waals surface area contributed by atoms with Gasteiger partial charge in [-0.15, -0.1) is 11.3 Å². The van der Waals surface area contributed by atoms with Crippen LogP contribution in [0.25, 0.3) is 10.2 Å². The number of fused-ring (bicyclic) bond motifs is 3. The Morgan fingerprint density at radius 3 is 2.70 bits per heavy atom. The molecule has 0 unspecified atom stereocenters. The zero-order valence-electron chi connectivity index (χ0n) is 14.1. The summed E-state index contributed by atoms with van der Waals surface area (Å²) < 4.78 is 2.05. The standard InChI is InChI=1S/C18H25N3OS/c1-3-15-19-17-16(13-6-4-5-7-14(13)23-17)18(22)21(15)12-8-10-20(2)11-9-12/h12H,3-11H2,1-2H3. The van der Waals surface area contributed by atoms with E-state index in [1.165, 1.54) is 23.3 Å². The second-order valence-electron chi connectivity index (χ2n) is 6.98. The number of thiophene rings is 1. The summed E-state index contributed by atoms with van der Waals surface area (Å²) in [6, 6.07) is 0.324. The minimum absolute atomic E-state index is 0.237. The molecule has 0 saturated carbocycles. The molecule has 1 fully saturated rings. The van der Waals surface area contributed by atoms with Gasteiger partial charge in [0.2, 0.25) is 0 Å². The topological polar surface area (TPSA) is 38.1 Å². The van der Waals surface area contributed by atoms with Gasteiger partial charge in [0.15, 0.2) is 0 Å². The quantitative estimate of drug-likeness (QED) is 0.848. The van der Waals surface area contributed by atoms with Gasteiger partial charge in [-0.2, -0.15) is 0 Å². The van der Waals surface area contributed by atoms with Crippen LogP contribution in [-0.4, -0.2) is 34.6 Å². The highest BCUT2D eigenvalue weighted by Gasteiger charge is 2.26. The van der Waals surface area contributed by atoms with E-state index in [4.69, 9.17) is 4.98 Å². The van der Waals surface area contributed by atoms with Crippen molar-refractivity contribution in [2.45, 2.75) is 57.9 Å². The average Bonchev–Trinajstić information content (AvgIpc) is 2.94. The maximum Gasteiger partial charge on any atom is 0.262 e. The molecule has 3 heterocycles. The molecule has 0 atom stereocenters. The maximum absolute atomic E-state index is 13.3. The summed E-state index contributed by atoms with van der Waals surface area (Å²) in [5.41, 5.74) is 1.55. The zero-order valence-corrected chi connectivity index (χ0v) is 14.9. The molecule has 1 saturated heterocycles. The third-order valence-corrected chi connectivity index (χ3v) is 6.65. The Labute approximate surface area is 141 Å². The van der Waals surface area contributed by atoms with Crippen LogP contribution in [0.4, 0.5) is 0 Å². The van der Waals surface area contributed by atoms with Crippen LogP contribution in [0.1, 0.15) is 54.9 Å². The molecule has 23 heavy (non-hydrogen) atoms. The van der Waals surface area contributed by atoms with Crippen molar-refractivity contribution < 1.29 is 0 Å². The van der Waals surface area contributed by atoms with Crippen LogP contribution in [0.15, 0.2) is 4.79 Å². The molecule has 2 aromatic heterocycles. The van der Waals surface area contributed by atoms with Gasteiger partial charge in [-0.05, 0) is 64.2 Å². The summed E-state index contributed by atoms with van der Waals surface area (Å²) in [5, 5.41) is 0.945. The van der Waals surface area contributed by atoms with Crippen LogP contribution >= 0.6 is 11.3 Å². The molecule has 1 aliphatic heterocycles. The number of nitrogens with zero attached hydrogens (tertiary/aromatic N) is 3. The average molecular weight is 331 g/mol. The lowest BCUT2D eigenvalue weighted by Crippen LogP contribution is -2.37. The monoisotopic (exact) mass is 331 g/mol. The fourth-order valence-corrected chi connectivity index (χ4v) is 5.41. The Bertz CT molecular complexity index is 784. The number of likely N-dealkylation sites (tertiary alicyclic amines) is 1. The highest BCUT2D eigenvalue weighted by molar-refractivity contribution is 7.18. The normalized spacial score (nSPS) is 20.1. The van der Waals surface area contributed by atoms with Crippen LogP contribution in [0.5, 0.6) is 0 Å². The highest BCUT2D eigenvalue weighted by atomic mass is 32.1. The Balaban J connectivity index is 1.89. The first kappa shape index (κ1) is 15.3. The van der Waals surface area contributed by atoms with Gasteiger partial charge in [0.25, 0.3) is 5.56 Å². The number of aromatic nitrogens is 2. The lowest BCUT2D eigenvalue weighted by Gasteiger charge is -2.31. The molecule has 5 heteroatoms. The van der Waals surface area contributed by atoms with E-state index in [-0.39, 0.29) is 5.56 Å². The van der Waals surface area contributed by atoms with Crippen molar-refractivity contribution in [3.8, 4) is 0 Å². The third-order valence-electron chi connectivity index (χ3n) is 5.46. The van der Waals surface area contributed by atoms with E-state index in [1.807, 2.05) is 0 Å². The minimum atomic E-state index is 0.237. The molecule has 2 aliphatic rings. The van der Waals surface area contributed by atoms with E-state index < -0.39 is 0 Å². The molecule has 0 N–H and O–H groups in total. The van der Waals surface area contributed by atoms with Crippen molar-refractivity contribution in [3.05, 3.63) is 26.6 Å². The number of piperidine rings is 1. The summed E-state index contributed by atoms with van der Waals surface area (Å²) in [6.07, 6.45) is 7.61. The largest absolute Gasteiger partial charge is 0.306 e. The highest BCUT2D eigenvalue weighted by Crippen LogP contribution is 2.34. The van der Waals surface area contributed by atoms with Crippen molar-refractivity contribution >= 4 is 21.6 Å². The van der Waals surface area contributed by atoms with Crippen LogP contribution in [0.2, 0.25) is 0 Å². The molecular formula is C18H25N3OS. The Morgan fingerprint density at radius 2 is 1.96 bits per heavy atom. The summed E-state index contributed by atoms with van der Waals surface area (Å²) in [6.45, 7) is 4.26. The van der Waals surface area contributed by atoms with E-state index in [9.17, 15) is 4.79 Å². The molecular weight excluding hydrogens is 306 g/mol. The molecule has 4 rings (SSSR count). The summed E-state index contributed by atoms with van der Waals surface area (Å²) in [5.74, 6) is 0.982. The van der Waals surface area contributed by atoms with Gasteiger partial charge in [-0.3, -0.25) is 9.36 Å².